The van der Waals surface area contributed by atoms with Crippen molar-refractivity contribution >= 4 is 17.6 Å². The Morgan fingerprint density at radius 1 is 0.953 bits per heavy atom. The zero-order chi connectivity index (χ0) is 29.9. The molecule has 0 spiro atoms. The molecule has 14 heteroatoms. The van der Waals surface area contributed by atoms with Crippen LogP contribution in [0.1, 0.15) is 98.3 Å². The highest BCUT2D eigenvalue weighted by molar-refractivity contribution is 5.90. The lowest BCUT2D eigenvalue weighted by Gasteiger charge is -2.33. The summed E-state index contributed by atoms with van der Waals surface area (Å²) in [5, 5.41) is 10.1. The number of hydrogen-bond donors (Lipinski definition) is 2. The largest absolute Gasteiger partial charge is 0.347 e. The second-order valence-electron chi connectivity index (χ2n) is 12.8. The average molecular weight is 603 g/mol. The molecule has 4 saturated carbocycles. The van der Waals surface area contributed by atoms with Gasteiger partial charge in [0.1, 0.15) is 6.33 Å². The fourth-order valence-corrected chi connectivity index (χ4v) is 6.19. The zero-order valence-corrected chi connectivity index (χ0v) is 23.6. The molecule has 3 aromatic heterocycles. The highest BCUT2D eigenvalue weighted by Crippen LogP contribution is 2.51. The SMILES string of the molecule is O=C(C[C@H]1CC1(F)F)NC(c1ccn2cc([C@@H](NC(=O)c3ncnn3CC3CC3)C3CCC(F)(F)CC3)nc2n1)C1CC1. The number of nitrogens with one attached hydrogen (secondary N) is 2. The number of aromatic nitrogens is 6. The molecule has 3 heterocycles. The number of fused-ring (bicyclic) bond motifs is 1. The lowest BCUT2D eigenvalue weighted by atomic mass is 9.81. The van der Waals surface area contributed by atoms with Crippen LogP contribution in [-0.2, 0) is 11.3 Å². The third kappa shape index (κ3) is 6.23. The van der Waals surface area contributed by atoms with E-state index in [1.165, 1.54) is 6.33 Å². The summed E-state index contributed by atoms with van der Waals surface area (Å²) in [6.45, 7) is 0.603. The van der Waals surface area contributed by atoms with Crippen LogP contribution in [0.15, 0.2) is 24.8 Å². The van der Waals surface area contributed by atoms with Crippen molar-refractivity contribution in [2.24, 2.45) is 23.7 Å². The summed E-state index contributed by atoms with van der Waals surface area (Å²) in [4.78, 5) is 39.6. The predicted molar refractivity (Wildman–Crippen MR) is 144 cm³/mol. The van der Waals surface area contributed by atoms with Gasteiger partial charge in [-0.1, -0.05) is 0 Å². The summed E-state index contributed by atoms with van der Waals surface area (Å²) >= 11 is 0. The van der Waals surface area contributed by atoms with Gasteiger partial charge in [-0.3, -0.25) is 14.0 Å². The molecule has 4 fully saturated rings. The Balaban J connectivity index is 1.13. The maximum atomic E-state index is 14.1. The van der Waals surface area contributed by atoms with Crippen molar-refractivity contribution in [2.75, 3.05) is 0 Å². The molecule has 1 unspecified atom stereocenters. The number of carbonyl (C=O) groups excluding carboxylic acids is 2. The Hall–Kier alpha value is -3.58. The van der Waals surface area contributed by atoms with Gasteiger partial charge in [-0.25, -0.2) is 37.2 Å². The molecule has 7 rings (SSSR count). The second kappa shape index (κ2) is 10.5. The van der Waals surface area contributed by atoms with Crippen molar-refractivity contribution < 1.29 is 27.2 Å². The van der Waals surface area contributed by atoms with E-state index in [-0.39, 0.29) is 56.2 Å². The number of amides is 2. The standard InChI is InChI=1S/C29H34F4N8O2/c30-28(31)8-5-18(6-9-28)24(39-26(43)25-34-15-35-41(25)13-16-1-2-16)21-14-40-10-7-20(36-27(40)37-21)23(17-3-4-17)38-22(42)11-19-12-29(19,32)33/h7,10,14-19,23-24H,1-6,8-9,11-13H2,(H,38,42)(H,39,43)/t19-,23?,24-/m0/s1. The van der Waals surface area contributed by atoms with Crippen molar-refractivity contribution in [3.63, 3.8) is 0 Å². The molecule has 10 nitrogen and oxygen atoms in total. The highest BCUT2D eigenvalue weighted by atomic mass is 19.3. The van der Waals surface area contributed by atoms with Gasteiger partial charge in [0.05, 0.1) is 23.5 Å². The highest BCUT2D eigenvalue weighted by Gasteiger charge is 2.57. The van der Waals surface area contributed by atoms with Gasteiger partial charge in [0.2, 0.25) is 23.4 Å². The Kier molecular flexibility index (Phi) is 6.92. The normalized spacial score (nSPS) is 24.4. The number of imidazole rings is 1. The Morgan fingerprint density at radius 2 is 1.63 bits per heavy atom. The van der Waals surface area contributed by atoms with Gasteiger partial charge in [0.15, 0.2) is 0 Å². The van der Waals surface area contributed by atoms with Crippen molar-refractivity contribution in [2.45, 2.75) is 94.7 Å². The number of carbonyl (C=O) groups is 2. The van der Waals surface area contributed by atoms with Gasteiger partial charge in [-0.2, -0.15) is 5.10 Å². The van der Waals surface area contributed by atoms with E-state index in [2.05, 4.69) is 20.7 Å². The molecule has 230 valence electrons. The van der Waals surface area contributed by atoms with E-state index < -0.39 is 41.7 Å². The molecule has 3 atom stereocenters. The first-order valence-electron chi connectivity index (χ1n) is 15.1. The molecule has 3 aromatic rings. The van der Waals surface area contributed by atoms with E-state index >= 15 is 0 Å². The van der Waals surface area contributed by atoms with E-state index in [0.29, 0.717) is 29.6 Å². The van der Waals surface area contributed by atoms with Gasteiger partial charge in [0.25, 0.3) is 11.8 Å². The predicted octanol–water partition coefficient (Wildman–Crippen LogP) is 4.64. The molecule has 0 bridgehead atoms. The van der Waals surface area contributed by atoms with Crippen LogP contribution < -0.4 is 10.6 Å². The van der Waals surface area contributed by atoms with Crippen molar-refractivity contribution in [1.82, 2.24) is 39.8 Å². The number of halogens is 4. The Bertz CT molecular complexity index is 1520. The molecule has 0 aliphatic heterocycles. The molecule has 0 saturated heterocycles. The summed E-state index contributed by atoms with van der Waals surface area (Å²) in [7, 11) is 0. The topological polar surface area (TPSA) is 119 Å². The molecule has 0 aromatic carbocycles. The second-order valence-corrected chi connectivity index (χ2v) is 12.8. The molecule has 0 radical (unpaired) electrons. The third-order valence-corrected chi connectivity index (χ3v) is 9.27. The van der Waals surface area contributed by atoms with Crippen LogP contribution in [-0.4, -0.2) is 52.8 Å². The van der Waals surface area contributed by atoms with Crippen LogP contribution in [0.5, 0.6) is 0 Å². The summed E-state index contributed by atoms with van der Waals surface area (Å²) in [6.07, 6.45) is 8.19. The monoisotopic (exact) mass is 602 g/mol. The van der Waals surface area contributed by atoms with E-state index in [1.54, 1.807) is 27.5 Å². The van der Waals surface area contributed by atoms with Crippen molar-refractivity contribution in [3.8, 4) is 0 Å². The zero-order valence-electron chi connectivity index (χ0n) is 23.6. The molecule has 43 heavy (non-hydrogen) atoms. The van der Waals surface area contributed by atoms with E-state index in [0.717, 1.165) is 25.7 Å². The first kappa shape index (κ1) is 28.2. The Morgan fingerprint density at radius 3 is 2.30 bits per heavy atom. The summed E-state index contributed by atoms with van der Waals surface area (Å²) in [5.74, 6) is -6.39. The van der Waals surface area contributed by atoms with Crippen LogP contribution >= 0.6 is 0 Å². The first-order valence-corrected chi connectivity index (χ1v) is 15.1. The van der Waals surface area contributed by atoms with Crippen LogP contribution in [0.2, 0.25) is 0 Å². The van der Waals surface area contributed by atoms with E-state index in [4.69, 9.17) is 9.97 Å². The van der Waals surface area contributed by atoms with E-state index in [1.807, 2.05) is 0 Å². The van der Waals surface area contributed by atoms with Crippen molar-refractivity contribution in [3.05, 3.63) is 42.0 Å². The quantitative estimate of drug-likeness (QED) is 0.309. The maximum Gasteiger partial charge on any atom is 0.289 e. The minimum Gasteiger partial charge on any atom is -0.347 e. The minimum absolute atomic E-state index is 0.164. The van der Waals surface area contributed by atoms with Crippen LogP contribution in [0.25, 0.3) is 5.78 Å². The molecule has 2 amide bonds. The van der Waals surface area contributed by atoms with E-state index in [9.17, 15) is 27.2 Å². The summed E-state index contributed by atoms with van der Waals surface area (Å²) < 4.78 is 58.1. The molecule has 4 aliphatic carbocycles. The number of rotatable bonds is 11. The van der Waals surface area contributed by atoms with Gasteiger partial charge < -0.3 is 10.6 Å². The fraction of sp³-hybridized carbons (Fsp3) is 0.655. The number of alkyl halides is 4. The first-order chi connectivity index (χ1) is 20.5. The van der Waals surface area contributed by atoms with Gasteiger partial charge >= 0.3 is 0 Å². The lowest BCUT2D eigenvalue weighted by molar-refractivity contribution is -0.123. The molecule has 4 aliphatic rings. The minimum atomic E-state index is -2.76. The van der Waals surface area contributed by atoms with Crippen LogP contribution in [0.3, 0.4) is 0 Å². The summed E-state index contributed by atoms with van der Waals surface area (Å²) in [5.41, 5.74) is 1.07. The number of hydrogen-bond acceptors (Lipinski definition) is 6. The van der Waals surface area contributed by atoms with Gasteiger partial charge in [0, 0.05) is 50.5 Å². The molecule has 2 N–H and O–H groups in total. The molecular weight excluding hydrogens is 568 g/mol. The summed E-state index contributed by atoms with van der Waals surface area (Å²) in [6, 6.07) is 0.695. The van der Waals surface area contributed by atoms with Crippen molar-refractivity contribution in [1.29, 1.82) is 0 Å². The average Bonchev–Trinajstić information content (AvgIpc) is 3.91. The molecular formula is C29H34F4N8O2. The lowest BCUT2D eigenvalue weighted by Crippen LogP contribution is -2.38. The maximum absolute atomic E-state index is 14.1. The fourth-order valence-electron chi connectivity index (χ4n) is 6.19. The van der Waals surface area contributed by atoms with Gasteiger partial charge in [-0.15, -0.1) is 0 Å². The van der Waals surface area contributed by atoms with Crippen LogP contribution in [0, 0.1) is 23.7 Å². The smallest absolute Gasteiger partial charge is 0.289 e. The Labute approximate surface area is 245 Å². The van der Waals surface area contributed by atoms with Gasteiger partial charge in [-0.05, 0) is 62.3 Å². The van der Waals surface area contributed by atoms with Crippen LogP contribution in [0.4, 0.5) is 17.6 Å². The number of nitrogens with zero attached hydrogens (tertiary/aromatic N) is 6. The third-order valence-electron chi connectivity index (χ3n) is 9.27.